The smallest absolute Gasteiger partial charge is 0.138 e. The highest BCUT2D eigenvalue weighted by Crippen LogP contribution is 2.26. The summed E-state index contributed by atoms with van der Waals surface area (Å²) >= 11 is 0. The first kappa shape index (κ1) is 16.9. The number of piperidine rings is 1. The second-order valence-electron chi connectivity index (χ2n) is 6.97. The molecule has 0 radical (unpaired) electrons. The summed E-state index contributed by atoms with van der Waals surface area (Å²) in [5.41, 5.74) is 1.32. The first-order valence-corrected chi connectivity index (χ1v) is 9.36. The van der Waals surface area contributed by atoms with Gasteiger partial charge in [-0.3, -0.25) is 0 Å². The van der Waals surface area contributed by atoms with Gasteiger partial charge in [0, 0.05) is 37.9 Å². The predicted molar refractivity (Wildman–Crippen MR) is 98.6 cm³/mol. The molecule has 7 nitrogen and oxygen atoms in total. The SMILES string of the molecule is c1ccc(Cn2ccnc2[C@@H]2CCCN(CCCn3cnnn3)C2)cc1. The van der Waals surface area contributed by atoms with Crippen molar-refractivity contribution in [2.75, 3.05) is 19.6 Å². The van der Waals surface area contributed by atoms with E-state index < -0.39 is 0 Å². The fourth-order valence-electron chi connectivity index (χ4n) is 3.80. The van der Waals surface area contributed by atoms with Crippen molar-refractivity contribution >= 4 is 0 Å². The van der Waals surface area contributed by atoms with Crippen molar-refractivity contribution in [3.8, 4) is 0 Å². The van der Waals surface area contributed by atoms with Gasteiger partial charge in [0.15, 0.2) is 0 Å². The van der Waals surface area contributed by atoms with Crippen LogP contribution in [0.5, 0.6) is 0 Å². The summed E-state index contributed by atoms with van der Waals surface area (Å²) in [6.07, 6.45) is 9.24. The van der Waals surface area contributed by atoms with Crippen LogP contribution in [0.15, 0.2) is 49.1 Å². The van der Waals surface area contributed by atoms with Crippen LogP contribution in [-0.4, -0.2) is 54.3 Å². The topological polar surface area (TPSA) is 64.7 Å². The molecule has 1 saturated heterocycles. The number of nitrogens with zero attached hydrogens (tertiary/aromatic N) is 7. The Bertz CT molecular complexity index is 781. The molecule has 0 N–H and O–H groups in total. The Morgan fingerprint density at radius 1 is 1.12 bits per heavy atom. The molecule has 1 atom stereocenters. The molecule has 0 amide bonds. The van der Waals surface area contributed by atoms with Gasteiger partial charge in [0.1, 0.15) is 12.2 Å². The molecule has 3 heterocycles. The molecule has 0 unspecified atom stereocenters. The van der Waals surface area contributed by atoms with E-state index in [1.807, 2.05) is 6.20 Å². The van der Waals surface area contributed by atoms with E-state index in [0.717, 1.165) is 32.6 Å². The van der Waals surface area contributed by atoms with Crippen molar-refractivity contribution in [3.63, 3.8) is 0 Å². The average Bonchev–Trinajstić information content (AvgIpc) is 3.35. The maximum Gasteiger partial charge on any atom is 0.138 e. The molecule has 1 aromatic carbocycles. The average molecular weight is 351 g/mol. The fourth-order valence-corrected chi connectivity index (χ4v) is 3.80. The minimum atomic E-state index is 0.510. The summed E-state index contributed by atoms with van der Waals surface area (Å²) in [6, 6.07) is 10.6. The van der Waals surface area contributed by atoms with E-state index in [1.165, 1.54) is 30.8 Å². The molecular weight excluding hydrogens is 326 g/mol. The third kappa shape index (κ3) is 4.16. The number of aryl methyl sites for hydroxylation is 1. The molecule has 7 heteroatoms. The standard InChI is InChI=1S/C19H25N7/c1-2-6-17(7-3-1)14-25-13-9-20-19(25)18-8-4-10-24(15-18)11-5-12-26-16-21-22-23-26/h1-3,6-7,9,13,16,18H,4-5,8,10-12,14-15H2/t18-/m1/s1. The third-order valence-corrected chi connectivity index (χ3v) is 5.07. The van der Waals surface area contributed by atoms with E-state index in [0.29, 0.717) is 5.92 Å². The second kappa shape index (κ2) is 8.23. The third-order valence-electron chi connectivity index (χ3n) is 5.07. The first-order valence-electron chi connectivity index (χ1n) is 9.36. The van der Waals surface area contributed by atoms with Gasteiger partial charge in [-0.1, -0.05) is 30.3 Å². The summed E-state index contributed by atoms with van der Waals surface area (Å²) in [5, 5.41) is 11.3. The van der Waals surface area contributed by atoms with Crippen molar-refractivity contribution < 1.29 is 0 Å². The molecule has 1 aliphatic heterocycles. The van der Waals surface area contributed by atoms with Gasteiger partial charge in [-0.2, -0.15) is 0 Å². The number of hydrogen-bond acceptors (Lipinski definition) is 5. The highest BCUT2D eigenvalue weighted by Gasteiger charge is 2.24. The molecule has 0 spiro atoms. The van der Waals surface area contributed by atoms with Crippen LogP contribution in [0.1, 0.15) is 36.6 Å². The summed E-state index contributed by atoms with van der Waals surface area (Å²) in [6.45, 7) is 5.10. The Hall–Kier alpha value is -2.54. The zero-order valence-corrected chi connectivity index (χ0v) is 15.0. The van der Waals surface area contributed by atoms with Crippen LogP contribution in [0.3, 0.4) is 0 Å². The largest absolute Gasteiger partial charge is 0.330 e. The predicted octanol–water partition coefficient (Wildman–Crippen LogP) is 2.19. The Morgan fingerprint density at radius 2 is 2.04 bits per heavy atom. The number of likely N-dealkylation sites (tertiary alicyclic amines) is 1. The van der Waals surface area contributed by atoms with Crippen molar-refractivity contribution in [1.29, 1.82) is 0 Å². The first-order chi connectivity index (χ1) is 12.9. The number of imidazole rings is 1. The highest BCUT2D eigenvalue weighted by atomic mass is 15.5. The molecule has 0 aliphatic carbocycles. The van der Waals surface area contributed by atoms with Gasteiger partial charge in [0.25, 0.3) is 0 Å². The molecule has 26 heavy (non-hydrogen) atoms. The highest BCUT2D eigenvalue weighted by molar-refractivity contribution is 5.16. The molecule has 0 bridgehead atoms. The summed E-state index contributed by atoms with van der Waals surface area (Å²) < 4.78 is 4.11. The lowest BCUT2D eigenvalue weighted by Gasteiger charge is -2.32. The van der Waals surface area contributed by atoms with Crippen molar-refractivity contribution in [2.45, 2.75) is 38.3 Å². The van der Waals surface area contributed by atoms with Crippen LogP contribution in [0.2, 0.25) is 0 Å². The zero-order valence-electron chi connectivity index (χ0n) is 15.0. The van der Waals surface area contributed by atoms with E-state index in [2.05, 4.69) is 61.5 Å². The Morgan fingerprint density at radius 3 is 2.88 bits per heavy atom. The van der Waals surface area contributed by atoms with Crippen LogP contribution >= 0.6 is 0 Å². The molecule has 0 saturated carbocycles. The van der Waals surface area contributed by atoms with Crippen LogP contribution in [-0.2, 0) is 13.1 Å². The lowest BCUT2D eigenvalue weighted by atomic mass is 9.97. The maximum atomic E-state index is 4.70. The number of aromatic nitrogens is 6. The van der Waals surface area contributed by atoms with Gasteiger partial charge in [-0.05, 0) is 48.3 Å². The van der Waals surface area contributed by atoms with Crippen molar-refractivity contribution in [3.05, 3.63) is 60.4 Å². The Kier molecular flexibility index (Phi) is 5.35. The van der Waals surface area contributed by atoms with Crippen LogP contribution in [0, 0.1) is 0 Å². The molecule has 1 fully saturated rings. The summed E-state index contributed by atoms with van der Waals surface area (Å²) in [5.74, 6) is 1.73. The van der Waals surface area contributed by atoms with E-state index in [1.54, 1.807) is 11.0 Å². The Labute approximate surface area is 153 Å². The number of tetrazole rings is 1. The van der Waals surface area contributed by atoms with Gasteiger partial charge in [0.2, 0.25) is 0 Å². The van der Waals surface area contributed by atoms with E-state index in [9.17, 15) is 0 Å². The zero-order chi connectivity index (χ0) is 17.6. The van der Waals surface area contributed by atoms with Crippen molar-refractivity contribution in [2.24, 2.45) is 0 Å². The van der Waals surface area contributed by atoms with Gasteiger partial charge in [0.05, 0.1) is 0 Å². The van der Waals surface area contributed by atoms with Crippen LogP contribution < -0.4 is 0 Å². The molecular formula is C19H25N7. The normalized spacial score (nSPS) is 18.2. The quantitative estimate of drug-likeness (QED) is 0.653. The van der Waals surface area contributed by atoms with Gasteiger partial charge in [-0.15, -0.1) is 5.10 Å². The summed E-state index contributed by atoms with van der Waals surface area (Å²) in [7, 11) is 0. The molecule has 4 rings (SSSR count). The van der Waals surface area contributed by atoms with Gasteiger partial charge >= 0.3 is 0 Å². The van der Waals surface area contributed by atoms with Crippen molar-refractivity contribution in [1.82, 2.24) is 34.7 Å². The van der Waals surface area contributed by atoms with Gasteiger partial charge in [-0.25, -0.2) is 9.67 Å². The van der Waals surface area contributed by atoms with E-state index >= 15 is 0 Å². The monoisotopic (exact) mass is 351 g/mol. The van der Waals surface area contributed by atoms with E-state index in [-0.39, 0.29) is 0 Å². The van der Waals surface area contributed by atoms with Crippen LogP contribution in [0.4, 0.5) is 0 Å². The maximum absolute atomic E-state index is 4.70. The lowest BCUT2D eigenvalue weighted by molar-refractivity contribution is 0.196. The molecule has 136 valence electrons. The minimum absolute atomic E-state index is 0.510. The fraction of sp³-hybridized carbons (Fsp3) is 0.474. The minimum Gasteiger partial charge on any atom is -0.330 e. The molecule has 1 aliphatic rings. The second-order valence-corrected chi connectivity index (χ2v) is 6.97. The summed E-state index contributed by atoms with van der Waals surface area (Å²) in [4.78, 5) is 7.25. The number of hydrogen-bond donors (Lipinski definition) is 0. The lowest BCUT2D eigenvalue weighted by Crippen LogP contribution is -2.36. The van der Waals surface area contributed by atoms with Gasteiger partial charge < -0.3 is 9.47 Å². The molecule has 3 aromatic rings. The molecule has 2 aromatic heterocycles. The number of rotatable bonds is 7. The van der Waals surface area contributed by atoms with Crippen LogP contribution in [0.25, 0.3) is 0 Å². The van der Waals surface area contributed by atoms with E-state index in [4.69, 9.17) is 4.98 Å². The number of benzene rings is 1. The Balaban J connectivity index is 1.35.